The summed E-state index contributed by atoms with van der Waals surface area (Å²) in [5.41, 5.74) is 2.03. The van der Waals surface area contributed by atoms with E-state index in [1.165, 1.54) is 32.1 Å². The summed E-state index contributed by atoms with van der Waals surface area (Å²) in [6, 6.07) is 8.27. The molecule has 1 N–H and O–H groups in total. The van der Waals surface area contributed by atoms with Gasteiger partial charge in [0.25, 0.3) is 0 Å². The molecule has 1 unspecified atom stereocenters. The molecule has 0 amide bonds. The van der Waals surface area contributed by atoms with Gasteiger partial charge in [-0.1, -0.05) is 31.4 Å². The van der Waals surface area contributed by atoms with Gasteiger partial charge in [-0.25, -0.2) is 4.79 Å². The number of imidazole rings is 1. The summed E-state index contributed by atoms with van der Waals surface area (Å²) < 4.78 is 1.95. The molecule has 0 bridgehead atoms. The Morgan fingerprint density at radius 2 is 1.94 bits per heavy atom. The first-order chi connectivity index (χ1) is 8.77. The first-order valence-electron chi connectivity index (χ1n) is 6.96. The van der Waals surface area contributed by atoms with Gasteiger partial charge in [0.05, 0.1) is 11.0 Å². The van der Waals surface area contributed by atoms with Gasteiger partial charge in [-0.05, 0) is 37.8 Å². The number of rotatable bonds is 2. The number of aromatic nitrogens is 2. The third kappa shape index (κ3) is 1.88. The standard InChI is InChI=1S/C15H20N2O/c1-11(12-7-3-2-4-8-12)17-14-10-6-5-9-13(14)16-15(17)18/h5-6,9-12H,2-4,7-8H2,1H3,(H,16,18). The Kier molecular flexibility index (Phi) is 2.98. The van der Waals surface area contributed by atoms with E-state index >= 15 is 0 Å². The molecule has 1 saturated carbocycles. The zero-order chi connectivity index (χ0) is 12.5. The monoisotopic (exact) mass is 244 g/mol. The molecular formula is C15H20N2O. The van der Waals surface area contributed by atoms with E-state index in [2.05, 4.69) is 11.9 Å². The van der Waals surface area contributed by atoms with Crippen molar-refractivity contribution in [3.8, 4) is 0 Å². The summed E-state index contributed by atoms with van der Waals surface area (Å²) in [4.78, 5) is 15.1. The van der Waals surface area contributed by atoms with E-state index in [1.54, 1.807) is 0 Å². The lowest BCUT2D eigenvalue weighted by atomic mass is 9.84. The topological polar surface area (TPSA) is 37.8 Å². The number of nitrogens with zero attached hydrogens (tertiary/aromatic N) is 1. The lowest BCUT2D eigenvalue weighted by molar-refractivity contribution is 0.264. The Morgan fingerprint density at radius 3 is 2.72 bits per heavy atom. The van der Waals surface area contributed by atoms with Crippen LogP contribution in [-0.4, -0.2) is 9.55 Å². The van der Waals surface area contributed by atoms with Crippen molar-refractivity contribution in [2.75, 3.05) is 0 Å². The van der Waals surface area contributed by atoms with E-state index in [-0.39, 0.29) is 5.69 Å². The number of para-hydroxylation sites is 2. The van der Waals surface area contributed by atoms with Gasteiger partial charge in [-0.2, -0.15) is 0 Å². The van der Waals surface area contributed by atoms with Crippen LogP contribution < -0.4 is 5.69 Å². The third-order valence-corrected chi connectivity index (χ3v) is 4.36. The smallest absolute Gasteiger partial charge is 0.306 e. The second kappa shape index (κ2) is 4.63. The number of aromatic amines is 1. The molecular weight excluding hydrogens is 224 g/mol. The van der Waals surface area contributed by atoms with Gasteiger partial charge >= 0.3 is 5.69 Å². The van der Waals surface area contributed by atoms with Crippen LogP contribution in [0.15, 0.2) is 29.1 Å². The van der Waals surface area contributed by atoms with E-state index in [0.29, 0.717) is 12.0 Å². The summed E-state index contributed by atoms with van der Waals surface area (Å²) >= 11 is 0. The largest absolute Gasteiger partial charge is 0.326 e. The fourth-order valence-electron chi connectivity index (χ4n) is 3.31. The van der Waals surface area contributed by atoms with Crippen LogP contribution in [0.25, 0.3) is 11.0 Å². The summed E-state index contributed by atoms with van der Waals surface area (Å²) in [6.45, 7) is 2.19. The Hall–Kier alpha value is -1.51. The molecule has 1 fully saturated rings. The van der Waals surface area contributed by atoms with Crippen molar-refractivity contribution in [2.24, 2.45) is 5.92 Å². The second-order valence-electron chi connectivity index (χ2n) is 5.46. The number of nitrogens with one attached hydrogen (secondary N) is 1. The molecule has 1 aliphatic rings. The van der Waals surface area contributed by atoms with E-state index in [0.717, 1.165) is 11.0 Å². The molecule has 1 aromatic heterocycles. The average molecular weight is 244 g/mol. The van der Waals surface area contributed by atoms with Crippen LogP contribution in [0, 0.1) is 5.92 Å². The van der Waals surface area contributed by atoms with Crippen LogP contribution in [0.4, 0.5) is 0 Å². The third-order valence-electron chi connectivity index (χ3n) is 4.36. The number of fused-ring (bicyclic) bond motifs is 1. The molecule has 0 aliphatic heterocycles. The van der Waals surface area contributed by atoms with Crippen LogP contribution in [0.3, 0.4) is 0 Å². The maximum atomic E-state index is 12.1. The normalized spacial score (nSPS) is 19.2. The molecule has 96 valence electrons. The van der Waals surface area contributed by atoms with E-state index in [9.17, 15) is 4.79 Å². The summed E-state index contributed by atoms with van der Waals surface area (Å²) in [5, 5.41) is 0. The highest BCUT2D eigenvalue weighted by atomic mass is 16.1. The summed E-state index contributed by atoms with van der Waals surface area (Å²) in [6.07, 6.45) is 6.49. The van der Waals surface area contributed by atoms with Crippen molar-refractivity contribution in [1.29, 1.82) is 0 Å². The molecule has 3 rings (SSSR count). The van der Waals surface area contributed by atoms with Crippen LogP contribution in [0.1, 0.15) is 45.1 Å². The molecule has 1 aliphatic carbocycles. The van der Waals surface area contributed by atoms with Gasteiger partial charge < -0.3 is 4.98 Å². The Labute approximate surface area is 107 Å². The first-order valence-corrected chi connectivity index (χ1v) is 6.96. The minimum atomic E-state index is 0.0364. The lowest BCUT2D eigenvalue weighted by Crippen LogP contribution is -2.27. The highest BCUT2D eigenvalue weighted by Crippen LogP contribution is 2.33. The second-order valence-corrected chi connectivity index (χ2v) is 5.46. The predicted octanol–water partition coefficient (Wildman–Crippen LogP) is 3.47. The van der Waals surface area contributed by atoms with Crippen molar-refractivity contribution >= 4 is 11.0 Å². The SMILES string of the molecule is CC(C1CCCCC1)n1c(=O)[nH]c2ccccc21. The van der Waals surface area contributed by atoms with Gasteiger partial charge in [0.1, 0.15) is 0 Å². The Bertz CT molecular complexity index is 590. The Balaban J connectivity index is 2.02. The quantitative estimate of drug-likeness (QED) is 0.863. The minimum Gasteiger partial charge on any atom is -0.306 e. The molecule has 18 heavy (non-hydrogen) atoms. The molecule has 0 saturated heterocycles. The zero-order valence-electron chi connectivity index (χ0n) is 10.9. The van der Waals surface area contributed by atoms with Crippen molar-refractivity contribution in [2.45, 2.75) is 45.1 Å². The van der Waals surface area contributed by atoms with Crippen molar-refractivity contribution in [3.05, 3.63) is 34.7 Å². The highest BCUT2D eigenvalue weighted by Gasteiger charge is 2.23. The van der Waals surface area contributed by atoms with E-state index < -0.39 is 0 Å². The fourth-order valence-corrected chi connectivity index (χ4v) is 3.31. The molecule has 0 spiro atoms. The van der Waals surface area contributed by atoms with E-state index in [4.69, 9.17) is 0 Å². The lowest BCUT2D eigenvalue weighted by Gasteiger charge is -2.28. The zero-order valence-corrected chi connectivity index (χ0v) is 10.9. The molecule has 2 aromatic rings. The number of benzene rings is 1. The number of H-pyrrole nitrogens is 1. The Morgan fingerprint density at radius 1 is 1.22 bits per heavy atom. The molecule has 3 heteroatoms. The molecule has 0 radical (unpaired) electrons. The van der Waals surface area contributed by atoms with Gasteiger partial charge in [0, 0.05) is 6.04 Å². The number of hydrogen-bond acceptors (Lipinski definition) is 1. The van der Waals surface area contributed by atoms with Crippen LogP contribution in [0.5, 0.6) is 0 Å². The van der Waals surface area contributed by atoms with Crippen molar-refractivity contribution in [1.82, 2.24) is 9.55 Å². The van der Waals surface area contributed by atoms with Gasteiger partial charge in [0.15, 0.2) is 0 Å². The number of hydrogen-bond donors (Lipinski definition) is 1. The fraction of sp³-hybridized carbons (Fsp3) is 0.533. The van der Waals surface area contributed by atoms with Crippen molar-refractivity contribution in [3.63, 3.8) is 0 Å². The average Bonchev–Trinajstić information content (AvgIpc) is 2.75. The summed E-state index contributed by atoms with van der Waals surface area (Å²) in [5.74, 6) is 0.649. The molecule has 1 heterocycles. The minimum absolute atomic E-state index is 0.0364. The van der Waals surface area contributed by atoms with Gasteiger partial charge in [0.2, 0.25) is 0 Å². The molecule has 1 aromatic carbocycles. The van der Waals surface area contributed by atoms with Crippen LogP contribution in [0.2, 0.25) is 0 Å². The highest BCUT2D eigenvalue weighted by molar-refractivity contribution is 5.75. The molecule has 1 atom stereocenters. The molecule has 3 nitrogen and oxygen atoms in total. The summed E-state index contributed by atoms with van der Waals surface area (Å²) in [7, 11) is 0. The predicted molar refractivity (Wildman–Crippen MR) is 73.8 cm³/mol. The van der Waals surface area contributed by atoms with E-state index in [1.807, 2.05) is 28.8 Å². The maximum Gasteiger partial charge on any atom is 0.326 e. The van der Waals surface area contributed by atoms with Crippen LogP contribution >= 0.6 is 0 Å². The maximum absolute atomic E-state index is 12.1. The van der Waals surface area contributed by atoms with Gasteiger partial charge in [-0.15, -0.1) is 0 Å². The van der Waals surface area contributed by atoms with Crippen molar-refractivity contribution < 1.29 is 0 Å². The first kappa shape index (κ1) is 11.6. The van der Waals surface area contributed by atoms with Gasteiger partial charge in [-0.3, -0.25) is 4.57 Å². The van der Waals surface area contributed by atoms with Crippen LogP contribution in [-0.2, 0) is 0 Å².